The van der Waals surface area contributed by atoms with Crippen LogP contribution in [0.2, 0.25) is 0 Å². The minimum absolute atomic E-state index is 0.0272. The molecule has 0 aromatic rings. The average Bonchev–Trinajstić information content (AvgIpc) is 3.07. The van der Waals surface area contributed by atoms with Crippen LogP contribution < -0.4 is 5.32 Å². The maximum Gasteiger partial charge on any atom is 0.308 e. The molecule has 1 saturated carbocycles. The van der Waals surface area contributed by atoms with E-state index >= 15 is 0 Å². The molecule has 1 spiro atoms. The van der Waals surface area contributed by atoms with Crippen LogP contribution in [0.4, 0.5) is 0 Å². The third-order valence-electron chi connectivity index (χ3n) is 9.05. The number of esters is 1. The molecule has 8 heteroatoms. The summed E-state index contributed by atoms with van der Waals surface area (Å²) in [4.78, 5) is 36.9. The zero-order valence-electron chi connectivity index (χ0n) is 21.4. The van der Waals surface area contributed by atoms with Gasteiger partial charge in [0.15, 0.2) is 11.9 Å². The maximum absolute atomic E-state index is 12.7. The fourth-order valence-corrected chi connectivity index (χ4v) is 6.99. The number of fused-ring (bicyclic) bond motifs is 2. The van der Waals surface area contributed by atoms with Crippen LogP contribution in [0.1, 0.15) is 91.4 Å². The number of amides is 1. The van der Waals surface area contributed by atoms with Gasteiger partial charge in [0.2, 0.25) is 18.0 Å². The number of allylic oxidation sites excluding steroid dienone is 1. The summed E-state index contributed by atoms with van der Waals surface area (Å²) < 4.78 is 18.4. The Morgan fingerprint density at radius 1 is 1.11 bits per heavy atom. The normalized spacial score (nSPS) is 42.4. The Labute approximate surface area is 208 Å². The highest BCUT2D eigenvalue weighted by Gasteiger charge is 2.69. The summed E-state index contributed by atoms with van der Waals surface area (Å²) >= 11 is 0. The SMILES string of the molecule is C[C@H]1[C@H](OC(=O)CCC(=O)NCCC2=CCCCC2)O[C@@H]2O[C@]3(C)CC[C@H]4[C@H](C)CC[C@@H]1[C@]24OO3. The van der Waals surface area contributed by atoms with Crippen LogP contribution in [0, 0.1) is 23.7 Å². The largest absolute Gasteiger partial charge is 0.435 e. The molecule has 5 fully saturated rings. The predicted octanol–water partition coefficient (Wildman–Crippen LogP) is 4.52. The van der Waals surface area contributed by atoms with E-state index in [1.54, 1.807) is 0 Å². The van der Waals surface area contributed by atoms with E-state index in [1.165, 1.54) is 18.4 Å². The Morgan fingerprint density at radius 2 is 1.97 bits per heavy atom. The highest BCUT2D eigenvalue weighted by molar-refractivity contribution is 5.81. The van der Waals surface area contributed by atoms with E-state index in [2.05, 4.69) is 25.2 Å². The first-order valence-corrected chi connectivity index (χ1v) is 13.6. The third kappa shape index (κ3) is 4.91. The molecule has 35 heavy (non-hydrogen) atoms. The predicted molar refractivity (Wildman–Crippen MR) is 126 cm³/mol. The molecule has 6 aliphatic rings. The number of hydrogen-bond donors (Lipinski definition) is 1. The van der Waals surface area contributed by atoms with Crippen LogP contribution in [0.3, 0.4) is 0 Å². The van der Waals surface area contributed by atoms with E-state index in [1.807, 2.05) is 6.92 Å². The molecule has 8 nitrogen and oxygen atoms in total. The molecule has 1 amide bonds. The van der Waals surface area contributed by atoms with Crippen LogP contribution in [0.5, 0.6) is 0 Å². The Hall–Kier alpha value is -1.48. The van der Waals surface area contributed by atoms with Crippen LogP contribution >= 0.6 is 0 Å². The standard InChI is InChI=1S/C27H41NO7/c1-17-9-10-21-18(2)24(32-25-27(21)20(17)13-15-26(3,33-25)34-35-27)31-23(30)12-11-22(29)28-16-14-19-7-5-4-6-8-19/h7,17-18,20-21,24-25H,4-6,8-16H2,1-3H3,(H,28,29)/t17-,18-,20+,21+,24-,25-,26+,27+/m1/s1. The quantitative estimate of drug-likeness (QED) is 0.318. The van der Waals surface area contributed by atoms with Gasteiger partial charge in [-0.1, -0.05) is 25.5 Å². The first-order chi connectivity index (χ1) is 16.8. The van der Waals surface area contributed by atoms with Crippen molar-refractivity contribution in [1.82, 2.24) is 5.32 Å². The van der Waals surface area contributed by atoms with Gasteiger partial charge in [0.25, 0.3) is 0 Å². The van der Waals surface area contributed by atoms with Gasteiger partial charge in [0, 0.05) is 31.2 Å². The molecule has 4 aliphatic heterocycles. The van der Waals surface area contributed by atoms with Crippen LogP contribution in [0.15, 0.2) is 11.6 Å². The van der Waals surface area contributed by atoms with E-state index in [4.69, 9.17) is 24.0 Å². The molecule has 2 bridgehead atoms. The minimum atomic E-state index is -0.863. The molecule has 0 unspecified atom stereocenters. The molecule has 0 aromatic heterocycles. The van der Waals surface area contributed by atoms with Gasteiger partial charge in [-0.2, -0.15) is 0 Å². The van der Waals surface area contributed by atoms with Crippen molar-refractivity contribution < 1.29 is 33.6 Å². The molecule has 196 valence electrons. The zero-order valence-corrected chi connectivity index (χ0v) is 21.4. The first-order valence-electron chi connectivity index (χ1n) is 13.6. The van der Waals surface area contributed by atoms with E-state index in [0.717, 1.165) is 44.9 Å². The third-order valence-corrected chi connectivity index (χ3v) is 9.05. The van der Waals surface area contributed by atoms with Crippen molar-refractivity contribution in [1.29, 1.82) is 0 Å². The summed E-state index contributed by atoms with van der Waals surface area (Å²) in [5.74, 6) is -0.643. The lowest BCUT2D eigenvalue weighted by molar-refractivity contribution is -0.576. The molecule has 4 heterocycles. The molecule has 4 saturated heterocycles. The topological polar surface area (TPSA) is 92.3 Å². The second kappa shape index (κ2) is 10.1. The van der Waals surface area contributed by atoms with Crippen LogP contribution in [0.25, 0.3) is 0 Å². The highest BCUT2D eigenvalue weighted by Crippen LogP contribution is 2.60. The van der Waals surface area contributed by atoms with Crippen molar-refractivity contribution in [2.75, 3.05) is 6.54 Å². The Kier molecular flexibility index (Phi) is 7.28. The van der Waals surface area contributed by atoms with Crippen molar-refractivity contribution >= 4 is 11.9 Å². The number of carbonyl (C=O) groups excluding carboxylic acids is 2. The second-order valence-corrected chi connectivity index (χ2v) is 11.5. The van der Waals surface area contributed by atoms with E-state index in [9.17, 15) is 9.59 Å². The fourth-order valence-electron chi connectivity index (χ4n) is 6.99. The van der Waals surface area contributed by atoms with Gasteiger partial charge in [-0.05, 0) is 70.1 Å². The van der Waals surface area contributed by atoms with E-state index < -0.39 is 29.9 Å². The Morgan fingerprint density at radius 3 is 2.77 bits per heavy atom. The molecule has 1 N–H and O–H groups in total. The summed E-state index contributed by atoms with van der Waals surface area (Å²) in [7, 11) is 0. The summed E-state index contributed by atoms with van der Waals surface area (Å²) in [6.07, 6.45) is 10.4. The summed E-state index contributed by atoms with van der Waals surface area (Å²) in [6, 6.07) is 0. The minimum Gasteiger partial charge on any atom is -0.435 e. The van der Waals surface area contributed by atoms with Crippen molar-refractivity contribution in [3.05, 3.63) is 11.6 Å². The van der Waals surface area contributed by atoms with E-state index in [-0.39, 0.29) is 36.5 Å². The molecular formula is C27H41NO7. The van der Waals surface area contributed by atoms with Gasteiger partial charge in [-0.15, -0.1) is 0 Å². The van der Waals surface area contributed by atoms with Crippen molar-refractivity contribution in [3.63, 3.8) is 0 Å². The lowest BCUT2D eigenvalue weighted by atomic mass is 9.58. The first kappa shape index (κ1) is 25.2. The van der Waals surface area contributed by atoms with Gasteiger partial charge >= 0.3 is 5.97 Å². The van der Waals surface area contributed by atoms with Gasteiger partial charge in [-0.25, -0.2) is 9.78 Å². The lowest BCUT2D eigenvalue weighted by Gasteiger charge is -2.59. The lowest BCUT2D eigenvalue weighted by Crippen LogP contribution is -2.70. The average molecular weight is 492 g/mol. The number of rotatable bonds is 7. The second-order valence-electron chi connectivity index (χ2n) is 11.5. The van der Waals surface area contributed by atoms with Gasteiger partial charge < -0.3 is 19.5 Å². The summed E-state index contributed by atoms with van der Waals surface area (Å²) in [6.45, 7) is 6.81. The molecule has 8 atom stereocenters. The zero-order chi connectivity index (χ0) is 24.6. The molecule has 0 aromatic carbocycles. The molecular weight excluding hydrogens is 450 g/mol. The monoisotopic (exact) mass is 491 g/mol. The number of hydrogen-bond acceptors (Lipinski definition) is 7. The molecule has 6 rings (SSSR count). The Balaban J connectivity index is 1.15. The fraction of sp³-hybridized carbons (Fsp3) is 0.852. The number of carbonyl (C=O) groups is 2. The van der Waals surface area contributed by atoms with E-state index in [0.29, 0.717) is 12.5 Å². The Bertz CT molecular complexity index is 845. The van der Waals surface area contributed by atoms with Gasteiger partial charge in [0.1, 0.15) is 0 Å². The van der Waals surface area contributed by atoms with Crippen LogP contribution in [-0.4, -0.2) is 42.4 Å². The van der Waals surface area contributed by atoms with Crippen molar-refractivity contribution in [2.45, 2.75) is 115 Å². The van der Waals surface area contributed by atoms with Crippen molar-refractivity contribution in [3.8, 4) is 0 Å². The van der Waals surface area contributed by atoms with Crippen LogP contribution in [-0.2, 0) is 33.6 Å². The summed E-state index contributed by atoms with van der Waals surface area (Å²) in [5, 5.41) is 2.93. The van der Waals surface area contributed by atoms with Gasteiger partial charge in [0.05, 0.1) is 6.42 Å². The molecule has 0 radical (unpaired) electrons. The van der Waals surface area contributed by atoms with Crippen molar-refractivity contribution in [2.24, 2.45) is 23.7 Å². The highest BCUT2D eigenvalue weighted by atomic mass is 17.3. The smallest absolute Gasteiger partial charge is 0.308 e. The molecule has 2 aliphatic carbocycles. The maximum atomic E-state index is 12.7. The van der Waals surface area contributed by atoms with Gasteiger partial charge in [-0.3, -0.25) is 9.59 Å². The number of nitrogens with one attached hydrogen (secondary N) is 1. The number of ether oxygens (including phenoxy) is 3. The summed E-state index contributed by atoms with van der Waals surface area (Å²) in [5.41, 5.74) is 0.748.